The van der Waals surface area contributed by atoms with Crippen LogP contribution in [0.25, 0.3) is 10.2 Å². The first-order chi connectivity index (χ1) is 11.8. The number of hydrogen-bond acceptors (Lipinski definition) is 6. The molecule has 0 spiro atoms. The van der Waals surface area contributed by atoms with E-state index in [4.69, 9.17) is 4.74 Å². The summed E-state index contributed by atoms with van der Waals surface area (Å²) in [6, 6.07) is -0.300. The Labute approximate surface area is 150 Å². The summed E-state index contributed by atoms with van der Waals surface area (Å²) in [4.78, 5) is 23.8. The number of amides is 1. The lowest BCUT2D eigenvalue weighted by Crippen LogP contribution is -2.54. The summed E-state index contributed by atoms with van der Waals surface area (Å²) in [5.41, 5.74) is -0.756. The molecular weight excluding hydrogens is 343 g/mol. The highest BCUT2D eigenvalue weighted by Crippen LogP contribution is 2.31. The van der Waals surface area contributed by atoms with E-state index in [1.54, 1.807) is 17.7 Å². The van der Waals surface area contributed by atoms with E-state index in [9.17, 15) is 9.18 Å². The van der Waals surface area contributed by atoms with Crippen LogP contribution in [-0.2, 0) is 9.53 Å². The second kappa shape index (κ2) is 6.84. The van der Waals surface area contributed by atoms with E-state index < -0.39 is 11.6 Å². The number of ether oxygens (including phenoxy) is 1. The van der Waals surface area contributed by atoms with Crippen LogP contribution in [0.4, 0.5) is 10.2 Å². The predicted molar refractivity (Wildman–Crippen MR) is 96.9 cm³/mol. The van der Waals surface area contributed by atoms with Gasteiger partial charge in [0.05, 0.1) is 24.1 Å². The van der Waals surface area contributed by atoms with Gasteiger partial charge in [-0.3, -0.25) is 4.79 Å². The first kappa shape index (κ1) is 18.0. The fraction of sp³-hybridized carbons (Fsp3) is 0.588. The molecule has 6 nitrogen and oxygen atoms in total. The Morgan fingerprint density at radius 3 is 3.00 bits per heavy atom. The molecule has 0 aliphatic carbocycles. The molecule has 0 bridgehead atoms. The summed E-state index contributed by atoms with van der Waals surface area (Å²) in [6.45, 7) is 8.21. The third-order valence-electron chi connectivity index (χ3n) is 4.38. The van der Waals surface area contributed by atoms with E-state index in [-0.39, 0.29) is 12.1 Å². The van der Waals surface area contributed by atoms with E-state index in [2.05, 4.69) is 32.5 Å². The van der Waals surface area contributed by atoms with Crippen LogP contribution in [0, 0.1) is 6.92 Å². The number of carbonyl (C=O) groups is 1. The van der Waals surface area contributed by atoms with Crippen molar-refractivity contribution in [3.63, 3.8) is 0 Å². The summed E-state index contributed by atoms with van der Waals surface area (Å²) in [7, 11) is 0. The third kappa shape index (κ3) is 3.74. The number of nitrogens with one attached hydrogen (secondary N) is 1. The first-order valence-corrected chi connectivity index (χ1v) is 9.20. The van der Waals surface area contributed by atoms with Crippen molar-refractivity contribution in [2.75, 3.05) is 24.6 Å². The second-order valence-corrected chi connectivity index (χ2v) is 7.74. The molecule has 1 N–H and O–H groups in total. The highest BCUT2D eigenvalue weighted by atomic mass is 32.1. The lowest BCUT2D eigenvalue weighted by Gasteiger charge is -2.37. The lowest BCUT2D eigenvalue weighted by molar-refractivity contribution is -0.132. The molecule has 1 aliphatic heterocycles. The topological polar surface area (TPSA) is 67.3 Å². The van der Waals surface area contributed by atoms with Crippen molar-refractivity contribution in [2.45, 2.75) is 45.5 Å². The van der Waals surface area contributed by atoms with Crippen LogP contribution in [0.1, 0.15) is 26.3 Å². The average Bonchev–Trinajstić information content (AvgIpc) is 2.95. The van der Waals surface area contributed by atoms with Gasteiger partial charge in [-0.15, -0.1) is 11.3 Å². The molecule has 136 valence electrons. The molecule has 3 rings (SSSR count). The minimum absolute atomic E-state index is 0.232. The molecule has 1 aliphatic rings. The number of aryl methyl sites for hydroxylation is 1. The van der Waals surface area contributed by atoms with Crippen LogP contribution in [0.15, 0.2) is 11.7 Å². The Bertz CT molecular complexity index is 774. The zero-order valence-corrected chi connectivity index (χ0v) is 15.7. The van der Waals surface area contributed by atoms with E-state index in [1.807, 2.05) is 6.92 Å². The van der Waals surface area contributed by atoms with Gasteiger partial charge in [0, 0.05) is 13.1 Å². The molecule has 0 saturated carbocycles. The number of morpholine rings is 1. The van der Waals surface area contributed by atoms with Crippen LogP contribution in [-0.4, -0.2) is 53.4 Å². The highest BCUT2D eigenvalue weighted by molar-refractivity contribution is 7.17. The van der Waals surface area contributed by atoms with Crippen molar-refractivity contribution in [1.82, 2.24) is 15.3 Å². The van der Waals surface area contributed by atoms with E-state index in [0.29, 0.717) is 19.7 Å². The minimum Gasteiger partial charge on any atom is -0.372 e. The number of thiophene rings is 1. The van der Waals surface area contributed by atoms with Crippen molar-refractivity contribution in [3.8, 4) is 0 Å². The number of alkyl halides is 1. The average molecular weight is 366 g/mol. The molecular formula is C17H23FN4O2S. The fourth-order valence-electron chi connectivity index (χ4n) is 2.88. The molecule has 25 heavy (non-hydrogen) atoms. The Hall–Kier alpha value is -1.80. The number of nitrogens with zero attached hydrogens (tertiary/aromatic N) is 3. The van der Waals surface area contributed by atoms with E-state index >= 15 is 0 Å². The van der Waals surface area contributed by atoms with Gasteiger partial charge < -0.3 is 15.0 Å². The number of fused-ring (bicyclic) bond motifs is 1. The number of anilines is 1. The van der Waals surface area contributed by atoms with Crippen molar-refractivity contribution >= 4 is 33.3 Å². The standard InChI is InChI=1S/C17H23FN4O2S/c1-10-8-25-15-13(10)14(19-9-20-15)22-5-6-24-12(7-22)11(2)21-16(23)17(3,4)18/h8-9,11-12H,5-7H2,1-4H3,(H,21,23). The maximum Gasteiger partial charge on any atom is 0.257 e. The SMILES string of the molecule is Cc1csc2ncnc(N3CCOC(C(C)NC(=O)C(C)(C)F)C3)c12. The predicted octanol–water partition coefficient (Wildman–Crippen LogP) is 2.46. The number of hydrogen-bond donors (Lipinski definition) is 1. The van der Waals surface area contributed by atoms with Gasteiger partial charge in [-0.25, -0.2) is 14.4 Å². The Morgan fingerprint density at radius 1 is 1.52 bits per heavy atom. The Morgan fingerprint density at radius 2 is 2.28 bits per heavy atom. The zero-order valence-electron chi connectivity index (χ0n) is 14.9. The lowest BCUT2D eigenvalue weighted by atomic mass is 10.1. The molecule has 3 heterocycles. The molecule has 2 aromatic heterocycles. The summed E-state index contributed by atoms with van der Waals surface area (Å²) < 4.78 is 19.6. The second-order valence-electron chi connectivity index (χ2n) is 6.89. The Kier molecular flexibility index (Phi) is 4.92. The van der Waals surface area contributed by atoms with Gasteiger partial charge in [-0.05, 0) is 38.6 Å². The van der Waals surface area contributed by atoms with Gasteiger partial charge in [-0.1, -0.05) is 0 Å². The summed E-state index contributed by atoms with van der Waals surface area (Å²) in [5.74, 6) is 0.264. The number of carbonyl (C=O) groups excluding carboxylic acids is 1. The maximum absolute atomic E-state index is 13.8. The quantitative estimate of drug-likeness (QED) is 0.900. The number of rotatable bonds is 4. The maximum atomic E-state index is 13.8. The van der Waals surface area contributed by atoms with Crippen LogP contribution in [0.3, 0.4) is 0 Å². The molecule has 0 aromatic carbocycles. The van der Waals surface area contributed by atoms with Crippen molar-refractivity contribution < 1.29 is 13.9 Å². The van der Waals surface area contributed by atoms with Crippen LogP contribution in [0.5, 0.6) is 0 Å². The van der Waals surface area contributed by atoms with Gasteiger partial charge in [-0.2, -0.15) is 0 Å². The summed E-state index contributed by atoms with van der Waals surface area (Å²) in [6.07, 6.45) is 1.35. The van der Waals surface area contributed by atoms with E-state index in [0.717, 1.165) is 21.6 Å². The largest absolute Gasteiger partial charge is 0.372 e. The summed E-state index contributed by atoms with van der Waals surface area (Å²) in [5, 5.41) is 5.85. The molecule has 8 heteroatoms. The molecule has 2 aromatic rings. The van der Waals surface area contributed by atoms with Crippen molar-refractivity contribution in [1.29, 1.82) is 0 Å². The smallest absolute Gasteiger partial charge is 0.257 e. The molecule has 1 saturated heterocycles. The highest BCUT2D eigenvalue weighted by Gasteiger charge is 2.32. The van der Waals surface area contributed by atoms with Gasteiger partial charge in [0.25, 0.3) is 5.91 Å². The number of halogens is 1. The molecule has 2 unspecified atom stereocenters. The summed E-state index contributed by atoms with van der Waals surface area (Å²) >= 11 is 1.60. The van der Waals surface area contributed by atoms with Gasteiger partial charge in [0.2, 0.25) is 0 Å². The van der Waals surface area contributed by atoms with Crippen molar-refractivity contribution in [2.24, 2.45) is 0 Å². The number of aromatic nitrogens is 2. The van der Waals surface area contributed by atoms with Gasteiger partial charge in [0.1, 0.15) is 17.0 Å². The third-order valence-corrected chi connectivity index (χ3v) is 5.39. The van der Waals surface area contributed by atoms with Crippen LogP contribution >= 0.6 is 11.3 Å². The van der Waals surface area contributed by atoms with E-state index in [1.165, 1.54) is 13.8 Å². The molecule has 0 radical (unpaired) electrons. The monoisotopic (exact) mass is 366 g/mol. The fourth-order valence-corrected chi connectivity index (χ4v) is 3.76. The normalized spacial score (nSPS) is 19.9. The molecule has 1 amide bonds. The Balaban J connectivity index is 1.77. The molecule has 1 fully saturated rings. The minimum atomic E-state index is -1.91. The first-order valence-electron chi connectivity index (χ1n) is 8.32. The van der Waals surface area contributed by atoms with Crippen LogP contribution < -0.4 is 10.2 Å². The van der Waals surface area contributed by atoms with Gasteiger partial charge >= 0.3 is 0 Å². The zero-order chi connectivity index (χ0) is 18.2. The van der Waals surface area contributed by atoms with Gasteiger partial charge in [0.15, 0.2) is 5.67 Å². The molecule has 2 atom stereocenters. The van der Waals surface area contributed by atoms with Crippen LogP contribution in [0.2, 0.25) is 0 Å². The van der Waals surface area contributed by atoms with Crippen molar-refractivity contribution in [3.05, 3.63) is 17.3 Å².